The highest BCUT2D eigenvalue weighted by Crippen LogP contribution is 2.45. The van der Waals surface area contributed by atoms with Gasteiger partial charge in [0.05, 0.1) is 7.11 Å². The standard InChI is InChI=1S/C17H26N2O2/c1-19-9-6-14(11-19)21-16-10-13(4-5-15(16)20-2)17(12-18)7-3-8-17/h4-5,10,14H,3,6-9,11-12,18H2,1-2H3. The average molecular weight is 290 g/mol. The molecular formula is C17H26N2O2. The highest BCUT2D eigenvalue weighted by atomic mass is 16.5. The minimum atomic E-state index is 0.164. The molecule has 2 fully saturated rings. The van der Waals surface area contributed by atoms with Crippen LogP contribution < -0.4 is 15.2 Å². The van der Waals surface area contributed by atoms with Crippen molar-refractivity contribution in [2.75, 3.05) is 33.8 Å². The van der Waals surface area contributed by atoms with Crippen molar-refractivity contribution in [3.05, 3.63) is 23.8 Å². The van der Waals surface area contributed by atoms with Crippen LogP contribution in [0.4, 0.5) is 0 Å². The molecule has 0 bridgehead atoms. The molecule has 4 heteroatoms. The Labute approximate surface area is 127 Å². The van der Waals surface area contributed by atoms with Crippen LogP contribution in [0, 0.1) is 0 Å². The summed E-state index contributed by atoms with van der Waals surface area (Å²) in [5.41, 5.74) is 7.49. The summed E-state index contributed by atoms with van der Waals surface area (Å²) in [5.74, 6) is 1.69. The maximum absolute atomic E-state index is 6.21. The van der Waals surface area contributed by atoms with E-state index >= 15 is 0 Å². The van der Waals surface area contributed by atoms with E-state index in [-0.39, 0.29) is 11.5 Å². The molecule has 1 unspecified atom stereocenters. The third-order valence-electron chi connectivity index (χ3n) is 5.12. The number of methoxy groups -OCH3 is 1. The fraction of sp³-hybridized carbons (Fsp3) is 0.647. The van der Waals surface area contributed by atoms with Crippen molar-refractivity contribution in [3.8, 4) is 11.5 Å². The molecular weight excluding hydrogens is 264 g/mol. The fourth-order valence-corrected chi connectivity index (χ4v) is 3.48. The molecule has 2 aliphatic rings. The summed E-state index contributed by atoms with van der Waals surface area (Å²) in [5, 5.41) is 0. The number of ether oxygens (including phenoxy) is 2. The van der Waals surface area contributed by atoms with Crippen molar-refractivity contribution >= 4 is 0 Å². The largest absolute Gasteiger partial charge is 0.493 e. The molecule has 1 atom stereocenters. The van der Waals surface area contributed by atoms with Crippen LogP contribution >= 0.6 is 0 Å². The summed E-state index contributed by atoms with van der Waals surface area (Å²) in [4.78, 5) is 2.30. The molecule has 4 nitrogen and oxygen atoms in total. The maximum Gasteiger partial charge on any atom is 0.161 e. The van der Waals surface area contributed by atoms with Gasteiger partial charge in [0.25, 0.3) is 0 Å². The molecule has 0 spiro atoms. The molecule has 21 heavy (non-hydrogen) atoms. The molecule has 1 aromatic rings. The first-order valence-electron chi connectivity index (χ1n) is 7.91. The van der Waals surface area contributed by atoms with Crippen LogP contribution in [0.2, 0.25) is 0 Å². The zero-order valence-corrected chi connectivity index (χ0v) is 13.1. The van der Waals surface area contributed by atoms with Crippen LogP contribution in [0.5, 0.6) is 11.5 Å². The summed E-state index contributed by atoms with van der Waals surface area (Å²) in [6.45, 7) is 2.79. The second kappa shape index (κ2) is 5.85. The predicted molar refractivity (Wildman–Crippen MR) is 84.1 cm³/mol. The van der Waals surface area contributed by atoms with Crippen LogP contribution in [0.25, 0.3) is 0 Å². The molecule has 1 saturated heterocycles. The number of hydrogen-bond donors (Lipinski definition) is 1. The van der Waals surface area contributed by atoms with E-state index in [0.29, 0.717) is 6.54 Å². The molecule has 0 aromatic heterocycles. The zero-order chi connectivity index (χ0) is 14.9. The van der Waals surface area contributed by atoms with E-state index in [1.807, 2.05) is 6.07 Å². The topological polar surface area (TPSA) is 47.7 Å². The molecule has 3 rings (SSSR count). The van der Waals surface area contributed by atoms with Gasteiger partial charge in [0.15, 0.2) is 11.5 Å². The molecule has 1 saturated carbocycles. The van der Waals surface area contributed by atoms with E-state index in [1.165, 1.54) is 24.8 Å². The normalized spacial score (nSPS) is 24.6. The molecule has 1 aliphatic carbocycles. The van der Waals surface area contributed by atoms with Gasteiger partial charge in [-0.3, -0.25) is 0 Å². The first-order chi connectivity index (χ1) is 10.2. The van der Waals surface area contributed by atoms with E-state index in [1.54, 1.807) is 7.11 Å². The molecule has 2 N–H and O–H groups in total. The van der Waals surface area contributed by atoms with Crippen LogP contribution in [0.1, 0.15) is 31.2 Å². The Bertz CT molecular complexity index is 494. The Balaban J connectivity index is 1.83. The van der Waals surface area contributed by atoms with Gasteiger partial charge in [0, 0.05) is 25.0 Å². The smallest absolute Gasteiger partial charge is 0.161 e. The van der Waals surface area contributed by atoms with Gasteiger partial charge >= 0.3 is 0 Å². The van der Waals surface area contributed by atoms with E-state index in [4.69, 9.17) is 15.2 Å². The number of rotatable bonds is 5. The van der Waals surface area contributed by atoms with Crippen molar-refractivity contribution in [1.82, 2.24) is 4.90 Å². The van der Waals surface area contributed by atoms with E-state index in [0.717, 1.165) is 31.0 Å². The second-order valence-corrected chi connectivity index (χ2v) is 6.49. The van der Waals surface area contributed by atoms with Gasteiger partial charge in [-0.05, 0) is 44.0 Å². The van der Waals surface area contributed by atoms with Crippen molar-refractivity contribution in [3.63, 3.8) is 0 Å². The van der Waals surface area contributed by atoms with E-state index < -0.39 is 0 Å². The third-order valence-corrected chi connectivity index (χ3v) is 5.12. The lowest BCUT2D eigenvalue weighted by Crippen LogP contribution is -2.41. The molecule has 1 aliphatic heterocycles. The van der Waals surface area contributed by atoms with Gasteiger partial charge in [-0.25, -0.2) is 0 Å². The first-order valence-corrected chi connectivity index (χ1v) is 7.91. The lowest BCUT2D eigenvalue weighted by Gasteiger charge is -2.41. The van der Waals surface area contributed by atoms with E-state index in [9.17, 15) is 0 Å². The third kappa shape index (κ3) is 2.74. The highest BCUT2D eigenvalue weighted by Gasteiger charge is 2.38. The number of likely N-dealkylation sites (tertiary alicyclic amines) is 1. The van der Waals surface area contributed by atoms with Crippen molar-refractivity contribution in [2.45, 2.75) is 37.2 Å². The number of nitrogens with two attached hydrogens (primary N) is 1. The lowest BCUT2D eigenvalue weighted by atomic mass is 9.64. The first kappa shape index (κ1) is 14.7. The van der Waals surface area contributed by atoms with Gasteiger partial charge in [-0.15, -0.1) is 0 Å². The summed E-state index contributed by atoms with van der Waals surface area (Å²) in [6, 6.07) is 6.33. The summed E-state index contributed by atoms with van der Waals surface area (Å²) < 4.78 is 11.7. The van der Waals surface area contributed by atoms with Gasteiger partial charge in [-0.1, -0.05) is 12.5 Å². The second-order valence-electron chi connectivity index (χ2n) is 6.49. The van der Waals surface area contributed by atoms with Crippen LogP contribution in [-0.4, -0.2) is 44.8 Å². The summed E-state index contributed by atoms with van der Waals surface area (Å²) in [6.07, 6.45) is 4.97. The maximum atomic E-state index is 6.21. The minimum Gasteiger partial charge on any atom is -0.493 e. The quantitative estimate of drug-likeness (QED) is 0.903. The predicted octanol–water partition coefficient (Wildman–Crippen LogP) is 2.16. The highest BCUT2D eigenvalue weighted by molar-refractivity contribution is 5.46. The summed E-state index contributed by atoms with van der Waals surface area (Å²) >= 11 is 0. The number of likely N-dealkylation sites (N-methyl/N-ethyl adjacent to an activating group) is 1. The van der Waals surface area contributed by atoms with Crippen molar-refractivity contribution in [1.29, 1.82) is 0 Å². The van der Waals surface area contributed by atoms with E-state index in [2.05, 4.69) is 24.1 Å². The van der Waals surface area contributed by atoms with Gasteiger partial charge in [0.1, 0.15) is 6.10 Å². The number of benzene rings is 1. The SMILES string of the molecule is COc1ccc(C2(CN)CCC2)cc1OC1CCN(C)C1. The Morgan fingerprint density at radius 3 is 2.67 bits per heavy atom. The van der Waals surface area contributed by atoms with Crippen LogP contribution in [0.15, 0.2) is 18.2 Å². The monoisotopic (exact) mass is 290 g/mol. The molecule has 116 valence electrons. The fourth-order valence-electron chi connectivity index (χ4n) is 3.48. The van der Waals surface area contributed by atoms with Crippen LogP contribution in [-0.2, 0) is 5.41 Å². The van der Waals surface area contributed by atoms with Gasteiger partial charge < -0.3 is 20.1 Å². The van der Waals surface area contributed by atoms with Crippen molar-refractivity contribution in [2.24, 2.45) is 5.73 Å². The Morgan fingerprint density at radius 1 is 1.33 bits per heavy atom. The molecule has 1 heterocycles. The minimum absolute atomic E-state index is 0.164. The van der Waals surface area contributed by atoms with Crippen molar-refractivity contribution < 1.29 is 9.47 Å². The molecule has 0 radical (unpaired) electrons. The average Bonchev–Trinajstić information content (AvgIpc) is 2.84. The Morgan fingerprint density at radius 2 is 2.14 bits per heavy atom. The number of nitrogens with zero attached hydrogens (tertiary/aromatic N) is 1. The lowest BCUT2D eigenvalue weighted by molar-refractivity contribution is 0.197. The van der Waals surface area contributed by atoms with Gasteiger partial charge in [-0.2, -0.15) is 0 Å². The Kier molecular flexibility index (Phi) is 4.09. The molecule has 0 amide bonds. The Hall–Kier alpha value is -1.26. The van der Waals surface area contributed by atoms with Gasteiger partial charge in [0.2, 0.25) is 0 Å². The summed E-state index contributed by atoms with van der Waals surface area (Å²) in [7, 11) is 3.83. The number of hydrogen-bond acceptors (Lipinski definition) is 4. The van der Waals surface area contributed by atoms with Crippen LogP contribution in [0.3, 0.4) is 0 Å². The zero-order valence-electron chi connectivity index (χ0n) is 13.1. The molecule has 1 aromatic carbocycles.